The Morgan fingerprint density at radius 1 is 1.21 bits per heavy atom. The van der Waals surface area contributed by atoms with Crippen molar-refractivity contribution in [1.29, 1.82) is 0 Å². The summed E-state index contributed by atoms with van der Waals surface area (Å²) in [6.07, 6.45) is 0. The van der Waals surface area contributed by atoms with Crippen molar-refractivity contribution in [2.75, 3.05) is 6.54 Å². The van der Waals surface area contributed by atoms with Crippen molar-refractivity contribution in [3.8, 4) is 0 Å². The standard InChI is InChI=1S/C15H21NO3/c1-10(2)11-5-7-12(8-6-11)13(17)16-9-15(3,4)14(18)19/h5-8,10H,9H2,1-4H3,(H,16,17)(H,18,19). The number of hydrogen-bond donors (Lipinski definition) is 2. The molecule has 0 aliphatic carbocycles. The summed E-state index contributed by atoms with van der Waals surface area (Å²) in [6.45, 7) is 7.44. The molecule has 19 heavy (non-hydrogen) atoms. The highest BCUT2D eigenvalue weighted by molar-refractivity contribution is 5.94. The molecule has 0 aliphatic rings. The van der Waals surface area contributed by atoms with E-state index >= 15 is 0 Å². The highest BCUT2D eigenvalue weighted by Crippen LogP contribution is 2.16. The number of nitrogens with one attached hydrogen (secondary N) is 1. The molecule has 104 valence electrons. The Labute approximate surface area is 113 Å². The van der Waals surface area contributed by atoms with Gasteiger partial charge >= 0.3 is 5.97 Å². The monoisotopic (exact) mass is 263 g/mol. The number of benzene rings is 1. The number of carboxylic acids is 1. The molecule has 0 saturated heterocycles. The van der Waals surface area contributed by atoms with E-state index in [-0.39, 0.29) is 12.5 Å². The van der Waals surface area contributed by atoms with E-state index in [1.807, 2.05) is 12.1 Å². The van der Waals surface area contributed by atoms with E-state index in [0.29, 0.717) is 11.5 Å². The molecule has 0 saturated carbocycles. The molecule has 1 aromatic carbocycles. The summed E-state index contributed by atoms with van der Waals surface area (Å²) in [4.78, 5) is 22.8. The molecular weight excluding hydrogens is 242 g/mol. The number of aliphatic carboxylic acids is 1. The second-order valence-electron chi connectivity index (χ2n) is 5.65. The van der Waals surface area contributed by atoms with Gasteiger partial charge in [-0.1, -0.05) is 26.0 Å². The van der Waals surface area contributed by atoms with Crippen molar-refractivity contribution >= 4 is 11.9 Å². The lowest BCUT2D eigenvalue weighted by atomic mass is 9.94. The van der Waals surface area contributed by atoms with Crippen molar-refractivity contribution in [2.45, 2.75) is 33.6 Å². The van der Waals surface area contributed by atoms with Crippen LogP contribution in [0.15, 0.2) is 24.3 Å². The molecule has 0 spiro atoms. The highest BCUT2D eigenvalue weighted by atomic mass is 16.4. The van der Waals surface area contributed by atoms with Gasteiger partial charge in [-0.2, -0.15) is 0 Å². The zero-order chi connectivity index (χ0) is 14.6. The summed E-state index contributed by atoms with van der Waals surface area (Å²) in [5, 5.41) is 11.6. The van der Waals surface area contributed by atoms with Crippen LogP contribution in [0.25, 0.3) is 0 Å². The van der Waals surface area contributed by atoms with E-state index in [2.05, 4.69) is 19.2 Å². The van der Waals surface area contributed by atoms with Crippen LogP contribution in [-0.2, 0) is 4.79 Å². The summed E-state index contributed by atoms with van der Waals surface area (Å²) >= 11 is 0. The Bertz CT molecular complexity index is 461. The molecule has 0 aliphatic heterocycles. The molecule has 4 nitrogen and oxygen atoms in total. The molecular formula is C15H21NO3. The maximum Gasteiger partial charge on any atom is 0.310 e. The van der Waals surface area contributed by atoms with Gasteiger partial charge in [-0.15, -0.1) is 0 Å². The first kappa shape index (κ1) is 15.2. The van der Waals surface area contributed by atoms with E-state index < -0.39 is 11.4 Å². The minimum Gasteiger partial charge on any atom is -0.481 e. The van der Waals surface area contributed by atoms with Gasteiger partial charge in [0.1, 0.15) is 0 Å². The zero-order valence-corrected chi connectivity index (χ0v) is 11.9. The molecule has 1 rings (SSSR count). The van der Waals surface area contributed by atoms with Gasteiger partial charge in [-0.25, -0.2) is 0 Å². The van der Waals surface area contributed by atoms with Gasteiger partial charge in [0.15, 0.2) is 0 Å². The summed E-state index contributed by atoms with van der Waals surface area (Å²) in [6, 6.07) is 7.36. The average molecular weight is 263 g/mol. The number of rotatable bonds is 5. The van der Waals surface area contributed by atoms with Crippen molar-refractivity contribution in [1.82, 2.24) is 5.32 Å². The van der Waals surface area contributed by atoms with Crippen molar-refractivity contribution in [3.05, 3.63) is 35.4 Å². The Kier molecular flexibility index (Phi) is 4.70. The van der Waals surface area contributed by atoms with E-state index in [9.17, 15) is 9.59 Å². The molecule has 0 fully saturated rings. The third kappa shape index (κ3) is 4.09. The molecule has 0 atom stereocenters. The lowest BCUT2D eigenvalue weighted by Gasteiger charge is -2.19. The normalized spacial score (nSPS) is 11.4. The Balaban J connectivity index is 2.66. The van der Waals surface area contributed by atoms with Crippen molar-refractivity contribution < 1.29 is 14.7 Å². The summed E-state index contributed by atoms with van der Waals surface area (Å²) < 4.78 is 0. The summed E-state index contributed by atoms with van der Waals surface area (Å²) in [7, 11) is 0. The van der Waals surface area contributed by atoms with E-state index in [1.54, 1.807) is 26.0 Å². The Hall–Kier alpha value is -1.84. The Morgan fingerprint density at radius 3 is 2.16 bits per heavy atom. The third-order valence-electron chi connectivity index (χ3n) is 3.11. The summed E-state index contributed by atoms with van der Waals surface area (Å²) in [5.41, 5.74) is 0.751. The maximum atomic E-state index is 11.9. The molecule has 0 aromatic heterocycles. The number of carbonyl (C=O) groups excluding carboxylic acids is 1. The smallest absolute Gasteiger partial charge is 0.310 e. The lowest BCUT2D eigenvalue weighted by molar-refractivity contribution is -0.146. The first-order chi connectivity index (χ1) is 8.74. The fourth-order valence-electron chi connectivity index (χ4n) is 1.50. The lowest BCUT2D eigenvalue weighted by Crippen LogP contribution is -2.38. The number of carbonyl (C=O) groups is 2. The van der Waals surface area contributed by atoms with Gasteiger partial charge in [0, 0.05) is 12.1 Å². The number of carboxylic acid groups (broad SMARTS) is 1. The van der Waals surface area contributed by atoms with Crippen molar-refractivity contribution in [2.24, 2.45) is 5.41 Å². The molecule has 0 radical (unpaired) electrons. The van der Waals surface area contributed by atoms with E-state index in [4.69, 9.17) is 5.11 Å². The first-order valence-corrected chi connectivity index (χ1v) is 6.35. The fraction of sp³-hybridized carbons (Fsp3) is 0.467. The van der Waals surface area contributed by atoms with Crippen LogP contribution >= 0.6 is 0 Å². The predicted molar refractivity (Wildman–Crippen MR) is 74.3 cm³/mol. The Morgan fingerprint density at radius 2 is 1.74 bits per heavy atom. The van der Waals surface area contributed by atoms with Crippen LogP contribution in [0, 0.1) is 5.41 Å². The van der Waals surface area contributed by atoms with Crippen LogP contribution < -0.4 is 5.32 Å². The topological polar surface area (TPSA) is 66.4 Å². The largest absolute Gasteiger partial charge is 0.481 e. The van der Waals surface area contributed by atoms with Gasteiger partial charge in [0.2, 0.25) is 0 Å². The summed E-state index contributed by atoms with van der Waals surface area (Å²) in [5.74, 6) is -0.754. The molecule has 0 unspecified atom stereocenters. The first-order valence-electron chi connectivity index (χ1n) is 6.35. The minimum absolute atomic E-state index is 0.104. The third-order valence-corrected chi connectivity index (χ3v) is 3.11. The molecule has 1 amide bonds. The average Bonchev–Trinajstić information content (AvgIpc) is 2.36. The molecule has 0 bridgehead atoms. The van der Waals surface area contributed by atoms with Crippen LogP contribution in [0.2, 0.25) is 0 Å². The van der Waals surface area contributed by atoms with Crippen LogP contribution in [0.3, 0.4) is 0 Å². The van der Waals surface area contributed by atoms with Crippen LogP contribution in [-0.4, -0.2) is 23.5 Å². The quantitative estimate of drug-likeness (QED) is 0.858. The highest BCUT2D eigenvalue weighted by Gasteiger charge is 2.27. The van der Waals surface area contributed by atoms with Gasteiger partial charge in [0.25, 0.3) is 5.91 Å². The second kappa shape index (κ2) is 5.87. The predicted octanol–water partition coefficient (Wildman–Crippen LogP) is 2.65. The number of amides is 1. The van der Waals surface area contributed by atoms with E-state index in [0.717, 1.165) is 0 Å². The maximum absolute atomic E-state index is 11.9. The second-order valence-corrected chi connectivity index (χ2v) is 5.65. The van der Waals surface area contributed by atoms with Crippen LogP contribution in [0.5, 0.6) is 0 Å². The van der Waals surface area contributed by atoms with Gasteiger partial charge in [-0.05, 0) is 37.5 Å². The molecule has 0 heterocycles. The zero-order valence-electron chi connectivity index (χ0n) is 11.9. The molecule has 4 heteroatoms. The number of hydrogen-bond acceptors (Lipinski definition) is 2. The van der Waals surface area contributed by atoms with Crippen LogP contribution in [0.4, 0.5) is 0 Å². The minimum atomic E-state index is -0.965. The van der Waals surface area contributed by atoms with E-state index in [1.165, 1.54) is 5.56 Å². The SMILES string of the molecule is CC(C)c1ccc(C(=O)NCC(C)(C)C(=O)O)cc1. The van der Waals surface area contributed by atoms with Gasteiger partial charge in [0.05, 0.1) is 5.41 Å². The fourth-order valence-corrected chi connectivity index (χ4v) is 1.50. The van der Waals surface area contributed by atoms with Crippen LogP contribution in [0.1, 0.15) is 49.5 Å². The van der Waals surface area contributed by atoms with Gasteiger partial charge < -0.3 is 10.4 Å². The van der Waals surface area contributed by atoms with Crippen molar-refractivity contribution in [3.63, 3.8) is 0 Å². The molecule has 2 N–H and O–H groups in total. The van der Waals surface area contributed by atoms with Gasteiger partial charge in [-0.3, -0.25) is 9.59 Å². The molecule has 1 aromatic rings.